The first kappa shape index (κ1) is 21.7. The monoisotopic (exact) mass is 388 g/mol. The predicted molar refractivity (Wildman–Crippen MR) is 103 cm³/mol. The van der Waals surface area contributed by atoms with Gasteiger partial charge in [0.2, 0.25) is 11.8 Å². The quantitative estimate of drug-likeness (QED) is 0.665. The smallest absolute Gasteiger partial charge is 0.225 e. The summed E-state index contributed by atoms with van der Waals surface area (Å²) in [5, 5.41) is 6.19. The average Bonchev–Trinajstić information content (AvgIpc) is 2.60. The standard InChI is InChI=1S/C17H25ClN4O2.ClH/c18-14-5-1-2-6-15(14)21-16(23)7-11-22-10-3-4-13(12-22)17(24)20-9-8-19;/h1-2,5-6,13H,3-4,7-12,19H2,(H,20,24)(H,21,23);1H. The van der Waals surface area contributed by atoms with E-state index >= 15 is 0 Å². The number of carbonyl (C=O) groups is 2. The van der Waals surface area contributed by atoms with Crippen LogP contribution >= 0.6 is 24.0 Å². The Hall–Kier alpha value is -1.34. The molecule has 0 aliphatic carbocycles. The van der Waals surface area contributed by atoms with Crippen LogP contribution in [0.2, 0.25) is 5.02 Å². The summed E-state index contributed by atoms with van der Waals surface area (Å²) < 4.78 is 0. The third-order valence-electron chi connectivity index (χ3n) is 4.12. The van der Waals surface area contributed by atoms with Gasteiger partial charge in [-0.05, 0) is 31.5 Å². The van der Waals surface area contributed by atoms with Crippen LogP contribution in [0.3, 0.4) is 0 Å². The highest BCUT2D eigenvalue weighted by Gasteiger charge is 2.25. The molecule has 25 heavy (non-hydrogen) atoms. The normalized spacial score (nSPS) is 17.4. The summed E-state index contributed by atoms with van der Waals surface area (Å²) in [6, 6.07) is 7.17. The summed E-state index contributed by atoms with van der Waals surface area (Å²) in [4.78, 5) is 26.3. The molecule has 1 aliphatic rings. The maximum absolute atomic E-state index is 12.1. The van der Waals surface area contributed by atoms with Gasteiger partial charge in [-0.1, -0.05) is 23.7 Å². The predicted octanol–water partition coefficient (Wildman–Crippen LogP) is 1.88. The molecule has 1 aromatic rings. The topological polar surface area (TPSA) is 87.5 Å². The number of hydrogen-bond acceptors (Lipinski definition) is 4. The van der Waals surface area contributed by atoms with Crippen molar-refractivity contribution in [3.8, 4) is 0 Å². The number of nitrogens with two attached hydrogens (primary N) is 1. The Morgan fingerprint density at radius 3 is 2.80 bits per heavy atom. The Labute approximate surface area is 159 Å². The van der Waals surface area contributed by atoms with Crippen LogP contribution in [-0.2, 0) is 9.59 Å². The van der Waals surface area contributed by atoms with Crippen LogP contribution in [0.1, 0.15) is 19.3 Å². The average molecular weight is 389 g/mol. The minimum Gasteiger partial charge on any atom is -0.355 e. The molecule has 140 valence electrons. The number of amides is 2. The van der Waals surface area contributed by atoms with E-state index in [1.807, 2.05) is 12.1 Å². The first-order chi connectivity index (χ1) is 11.6. The molecule has 1 fully saturated rings. The van der Waals surface area contributed by atoms with E-state index < -0.39 is 0 Å². The molecule has 1 atom stereocenters. The van der Waals surface area contributed by atoms with Crippen LogP contribution in [0.5, 0.6) is 0 Å². The van der Waals surface area contributed by atoms with Gasteiger partial charge in [-0.3, -0.25) is 9.59 Å². The van der Waals surface area contributed by atoms with Crippen LogP contribution in [0.15, 0.2) is 24.3 Å². The number of carbonyl (C=O) groups excluding carboxylic acids is 2. The second-order valence-corrected chi connectivity index (χ2v) is 6.40. The minimum atomic E-state index is -0.0715. The van der Waals surface area contributed by atoms with E-state index in [-0.39, 0.29) is 30.1 Å². The van der Waals surface area contributed by atoms with Gasteiger partial charge in [0.1, 0.15) is 0 Å². The van der Waals surface area contributed by atoms with Gasteiger partial charge >= 0.3 is 0 Å². The van der Waals surface area contributed by atoms with Gasteiger partial charge in [-0.2, -0.15) is 0 Å². The highest BCUT2D eigenvalue weighted by atomic mass is 35.5. The Morgan fingerprint density at radius 1 is 1.32 bits per heavy atom. The van der Waals surface area contributed by atoms with E-state index in [0.29, 0.717) is 43.3 Å². The first-order valence-electron chi connectivity index (χ1n) is 8.34. The molecule has 2 rings (SSSR count). The van der Waals surface area contributed by atoms with Crippen LogP contribution in [0.25, 0.3) is 0 Å². The SMILES string of the molecule is Cl.NCCNC(=O)C1CCCN(CCC(=O)Nc2ccccc2Cl)C1. The number of nitrogens with zero attached hydrogens (tertiary/aromatic N) is 1. The number of para-hydroxylation sites is 1. The summed E-state index contributed by atoms with van der Waals surface area (Å²) in [5.74, 6) is -0.0274. The van der Waals surface area contributed by atoms with E-state index in [4.69, 9.17) is 17.3 Å². The Morgan fingerprint density at radius 2 is 2.08 bits per heavy atom. The summed E-state index contributed by atoms with van der Waals surface area (Å²) >= 11 is 6.03. The molecule has 0 bridgehead atoms. The molecule has 1 saturated heterocycles. The lowest BCUT2D eigenvalue weighted by molar-refractivity contribution is -0.126. The van der Waals surface area contributed by atoms with Crippen LogP contribution in [0, 0.1) is 5.92 Å². The molecule has 0 aromatic heterocycles. The van der Waals surface area contributed by atoms with Crippen LogP contribution in [0.4, 0.5) is 5.69 Å². The molecule has 0 saturated carbocycles. The lowest BCUT2D eigenvalue weighted by Crippen LogP contribution is -2.44. The number of rotatable bonds is 7. The van der Waals surface area contributed by atoms with Crippen molar-refractivity contribution in [2.45, 2.75) is 19.3 Å². The zero-order valence-electron chi connectivity index (χ0n) is 14.2. The number of hydrogen-bond donors (Lipinski definition) is 3. The van der Waals surface area contributed by atoms with Crippen molar-refractivity contribution in [3.63, 3.8) is 0 Å². The van der Waals surface area contributed by atoms with Crippen molar-refractivity contribution < 1.29 is 9.59 Å². The fraction of sp³-hybridized carbons (Fsp3) is 0.529. The molecule has 1 heterocycles. The lowest BCUT2D eigenvalue weighted by Gasteiger charge is -2.31. The van der Waals surface area contributed by atoms with Gasteiger partial charge in [-0.25, -0.2) is 0 Å². The Balaban J connectivity index is 0.00000312. The Kier molecular flexibility index (Phi) is 9.82. The molecule has 6 nitrogen and oxygen atoms in total. The maximum Gasteiger partial charge on any atom is 0.225 e. The van der Waals surface area contributed by atoms with Gasteiger partial charge < -0.3 is 21.3 Å². The highest BCUT2D eigenvalue weighted by molar-refractivity contribution is 6.33. The van der Waals surface area contributed by atoms with E-state index in [0.717, 1.165) is 19.4 Å². The Bertz CT molecular complexity index is 571. The fourth-order valence-electron chi connectivity index (χ4n) is 2.85. The number of likely N-dealkylation sites (tertiary alicyclic amines) is 1. The van der Waals surface area contributed by atoms with Gasteiger partial charge in [0.15, 0.2) is 0 Å². The molecule has 2 amide bonds. The number of benzene rings is 1. The lowest BCUT2D eigenvalue weighted by atomic mass is 9.97. The molecule has 1 aliphatic heterocycles. The third kappa shape index (κ3) is 7.20. The summed E-state index contributed by atoms with van der Waals surface area (Å²) in [7, 11) is 0. The molecule has 1 aromatic carbocycles. The summed E-state index contributed by atoms with van der Waals surface area (Å²) in [6.45, 7) is 3.20. The van der Waals surface area contributed by atoms with E-state index in [1.165, 1.54) is 0 Å². The first-order valence-corrected chi connectivity index (χ1v) is 8.72. The molecule has 8 heteroatoms. The number of piperidine rings is 1. The van der Waals surface area contributed by atoms with Gasteiger partial charge in [0.05, 0.1) is 16.6 Å². The maximum atomic E-state index is 12.1. The second kappa shape index (κ2) is 11.3. The van der Waals surface area contributed by atoms with E-state index in [2.05, 4.69) is 15.5 Å². The minimum absolute atomic E-state index is 0. The molecule has 1 unspecified atom stereocenters. The molecule has 0 radical (unpaired) electrons. The molecule has 0 spiro atoms. The summed E-state index contributed by atoms with van der Waals surface area (Å²) in [5.41, 5.74) is 6.04. The van der Waals surface area contributed by atoms with Crippen LogP contribution < -0.4 is 16.4 Å². The van der Waals surface area contributed by atoms with Gasteiger partial charge in [0, 0.05) is 32.6 Å². The number of nitrogens with one attached hydrogen (secondary N) is 2. The second-order valence-electron chi connectivity index (χ2n) is 6.00. The van der Waals surface area contributed by atoms with E-state index in [9.17, 15) is 9.59 Å². The largest absolute Gasteiger partial charge is 0.355 e. The molecular weight excluding hydrogens is 363 g/mol. The van der Waals surface area contributed by atoms with E-state index in [1.54, 1.807) is 12.1 Å². The van der Waals surface area contributed by atoms with Crippen molar-refractivity contribution in [1.29, 1.82) is 0 Å². The van der Waals surface area contributed by atoms with Crippen molar-refractivity contribution in [2.75, 3.05) is 38.0 Å². The zero-order chi connectivity index (χ0) is 17.4. The summed E-state index contributed by atoms with van der Waals surface area (Å²) in [6.07, 6.45) is 2.23. The van der Waals surface area contributed by atoms with Gasteiger partial charge in [-0.15, -0.1) is 12.4 Å². The van der Waals surface area contributed by atoms with Crippen molar-refractivity contribution in [2.24, 2.45) is 11.7 Å². The van der Waals surface area contributed by atoms with Crippen LogP contribution in [-0.4, -0.2) is 49.4 Å². The van der Waals surface area contributed by atoms with Crippen molar-refractivity contribution in [3.05, 3.63) is 29.3 Å². The number of halogens is 2. The number of anilines is 1. The van der Waals surface area contributed by atoms with Gasteiger partial charge in [0.25, 0.3) is 0 Å². The molecular formula is C17H26Cl2N4O2. The fourth-order valence-corrected chi connectivity index (χ4v) is 3.03. The zero-order valence-corrected chi connectivity index (χ0v) is 15.7. The van der Waals surface area contributed by atoms with Crippen molar-refractivity contribution >= 4 is 41.5 Å². The van der Waals surface area contributed by atoms with Crippen molar-refractivity contribution in [1.82, 2.24) is 10.2 Å². The molecule has 4 N–H and O–H groups in total. The third-order valence-corrected chi connectivity index (χ3v) is 4.45. The highest BCUT2D eigenvalue weighted by Crippen LogP contribution is 2.21.